The monoisotopic (exact) mass is 426 g/mol. The van der Waals surface area contributed by atoms with Crippen LogP contribution in [-0.2, 0) is 9.59 Å². The fraction of sp³-hybridized carbons (Fsp3) is 0.522. The Hall–Kier alpha value is -1.66. The van der Waals surface area contributed by atoms with E-state index in [1.165, 1.54) is 31.0 Å². The van der Waals surface area contributed by atoms with Crippen LogP contribution in [0.15, 0.2) is 35.2 Å². The number of hydrogen-bond donors (Lipinski definition) is 1. The van der Waals surface area contributed by atoms with Crippen molar-refractivity contribution >= 4 is 46.2 Å². The lowest BCUT2D eigenvalue weighted by Gasteiger charge is -2.57. The van der Waals surface area contributed by atoms with E-state index in [2.05, 4.69) is 5.32 Å². The first-order valence-electron chi connectivity index (χ1n) is 10.6. The van der Waals surface area contributed by atoms with Crippen molar-refractivity contribution in [3.8, 4) is 0 Å². The van der Waals surface area contributed by atoms with Crippen LogP contribution in [0.4, 0.5) is 0 Å². The molecule has 29 heavy (non-hydrogen) atoms. The van der Waals surface area contributed by atoms with Crippen molar-refractivity contribution in [2.24, 2.45) is 17.8 Å². The van der Waals surface area contributed by atoms with Crippen LogP contribution >= 0.6 is 24.0 Å². The molecule has 0 unspecified atom stereocenters. The van der Waals surface area contributed by atoms with Gasteiger partial charge in [0.25, 0.3) is 5.91 Å². The topological polar surface area (TPSA) is 49.4 Å². The van der Waals surface area contributed by atoms with E-state index in [4.69, 9.17) is 12.2 Å². The van der Waals surface area contributed by atoms with Crippen molar-refractivity contribution < 1.29 is 9.59 Å². The van der Waals surface area contributed by atoms with Gasteiger partial charge in [0.15, 0.2) is 0 Å². The minimum absolute atomic E-state index is 0.0223. The first-order chi connectivity index (χ1) is 14.0. The molecule has 1 aromatic carbocycles. The van der Waals surface area contributed by atoms with E-state index >= 15 is 0 Å². The zero-order valence-electron chi connectivity index (χ0n) is 16.4. The number of nitrogens with one attached hydrogen (secondary N) is 1. The highest BCUT2D eigenvalue weighted by atomic mass is 32.2. The van der Waals surface area contributed by atoms with E-state index in [1.54, 1.807) is 4.90 Å². The second kappa shape index (κ2) is 7.55. The Morgan fingerprint density at radius 2 is 1.76 bits per heavy atom. The zero-order chi connectivity index (χ0) is 20.0. The van der Waals surface area contributed by atoms with E-state index in [0.717, 1.165) is 42.6 Å². The molecule has 5 aliphatic rings. The van der Waals surface area contributed by atoms with Crippen molar-refractivity contribution in [3.05, 3.63) is 40.8 Å². The van der Waals surface area contributed by atoms with Gasteiger partial charge in [0.1, 0.15) is 4.32 Å². The van der Waals surface area contributed by atoms with Crippen LogP contribution in [0, 0.1) is 17.8 Å². The predicted molar refractivity (Wildman–Crippen MR) is 120 cm³/mol. The maximum atomic E-state index is 12.8. The molecule has 4 nitrogen and oxygen atoms in total. The first kappa shape index (κ1) is 19.3. The highest BCUT2D eigenvalue weighted by Gasteiger charge is 2.51. The van der Waals surface area contributed by atoms with Crippen molar-refractivity contribution in [1.82, 2.24) is 10.2 Å². The van der Waals surface area contributed by atoms with Crippen LogP contribution in [0.3, 0.4) is 0 Å². The summed E-state index contributed by atoms with van der Waals surface area (Å²) in [6, 6.07) is 9.77. The summed E-state index contributed by atoms with van der Waals surface area (Å²) in [5.74, 6) is 2.38. The molecule has 1 saturated heterocycles. The van der Waals surface area contributed by atoms with Crippen LogP contribution < -0.4 is 5.32 Å². The van der Waals surface area contributed by atoms with Crippen molar-refractivity contribution in [2.75, 3.05) is 6.54 Å². The van der Waals surface area contributed by atoms with Gasteiger partial charge in [0.2, 0.25) is 5.91 Å². The molecular weight excluding hydrogens is 400 g/mol. The second-order valence-corrected chi connectivity index (χ2v) is 10.9. The summed E-state index contributed by atoms with van der Waals surface area (Å²) in [5, 5.41) is 3.39. The first-order valence-corrected chi connectivity index (χ1v) is 11.8. The van der Waals surface area contributed by atoms with Gasteiger partial charge in [-0.15, -0.1) is 0 Å². The number of thioether (sulfide) groups is 1. The number of carbonyl (C=O) groups is 2. The largest absolute Gasteiger partial charge is 0.351 e. The molecular formula is C23H26N2O2S2. The Morgan fingerprint density at radius 1 is 1.14 bits per heavy atom. The Labute approximate surface area is 181 Å². The smallest absolute Gasteiger partial charge is 0.266 e. The number of nitrogens with zero attached hydrogens (tertiary/aromatic N) is 1. The third kappa shape index (κ3) is 3.89. The number of hydrogen-bond acceptors (Lipinski definition) is 4. The predicted octanol–water partition coefficient (Wildman–Crippen LogP) is 4.36. The van der Waals surface area contributed by atoms with Gasteiger partial charge in [-0.1, -0.05) is 54.3 Å². The average Bonchev–Trinajstić information content (AvgIpc) is 2.92. The molecule has 6 rings (SSSR count). The Kier molecular flexibility index (Phi) is 5.03. The summed E-state index contributed by atoms with van der Waals surface area (Å²) in [4.78, 5) is 27.7. The Bertz CT molecular complexity index is 845. The lowest BCUT2D eigenvalue weighted by atomic mass is 9.53. The Morgan fingerprint density at radius 3 is 2.38 bits per heavy atom. The molecule has 0 spiro atoms. The molecule has 1 aromatic rings. The third-order valence-corrected chi connectivity index (χ3v) is 8.35. The van der Waals surface area contributed by atoms with Crippen LogP contribution in [0.1, 0.15) is 50.5 Å². The van der Waals surface area contributed by atoms with Crippen LogP contribution in [0.25, 0.3) is 6.08 Å². The Balaban J connectivity index is 1.19. The summed E-state index contributed by atoms with van der Waals surface area (Å²) < 4.78 is 0.541. The summed E-state index contributed by atoms with van der Waals surface area (Å²) in [6.07, 6.45) is 9.70. The molecule has 1 aliphatic heterocycles. The molecule has 0 atom stereocenters. The standard InChI is InChI=1S/C23H26N2O2S2/c26-20(24-23-12-16-8-17(13-23)10-18(9-16)14-23)6-7-25-21(27)19(29-22(25)28)11-15-4-2-1-3-5-15/h1-5,11,16-18H,6-10,12-14H2,(H,24,26)/b19-11-. The van der Waals surface area contributed by atoms with Gasteiger partial charge >= 0.3 is 0 Å². The molecule has 0 radical (unpaired) electrons. The maximum absolute atomic E-state index is 12.8. The van der Waals surface area contributed by atoms with Crippen molar-refractivity contribution in [2.45, 2.75) is 50.5 Å². The molecule has 4 saturated carbocycles. The number of benzene rings is 1. The maximum Gasteiger partial charge on any atom is 0.266 e. The highest BCUT2D eigenvalue weighted by molar-refractivity contribution is 8.26. The average molecular weight is 427 g/mol. The second-order valence-electron chi connectivity index (χ2n) is 9.24. The van der Waals surface area contributed by atoms with Gasteiger partial charge in [0.05, 0.1) is 4.91 Å². The van der Waals surface area contributed by atoms with Gasteiger partial charge in [0, 0.05) is 18.5 Å². The molecule has 1 N–H and O–H groups in total. The molecule has 0 aromatic heterocycles. The van der Waals surface area contributed by atoms with Crippen LogP contribution in [-0.4, -0.2) is 33.1 Å². The summed E-state index contributed by atoms with van der Waals surface area (Å²) in [5.41, 5.74) is 1.00. The molecule has 2 amide bonds. The normalized spacial score (nSPS) is 34.3. The summed E-state index contributed by atoms with van der Waals surface area (Å²) in [7, 11) is 0. The van der Waals surface area contributed by atoms with E-state index in [9.17, 15) is 9.59 Å². The minimum Gasteiger partial charge on any atom is -0.351 e. The minimum atomic E-state index is -0.0912. The van der Waals surface area contributed by atoms with Crippen molar-refractivity contribution in [3.63, 3.8) is 0 Å². The SMILES string of the molecule is O=C(CCN1C(=O)/C(=C/c2ccccc2)SC1=S)NC12CC3CC(CC(C3)C1)C2. The van der Waals surface area contributed by atoms with Crippen molar-refractivity contribution in [1.29, 1.82) is 0 Å². The zero-order valence-corrected chi connectivity index (χ0v) is 18.1. The van der Waals surface area contributed by atoms with E-state index in [-0.39, 0.29) is 17.4 Å². The number of carbonyl (C=O) groups excluding carboxylic acids is 2. The highest BCUT2D eigenvalue weighted by Crippen LogP contribution is 2.55. The van der Waals surface area contributed by atoms with Crippen LogP contribution in [0.5, 0.6) is 0 Å². The fourth-order valence-electron chi connectivity index (χ4n) is 6.23. The van der Waals surface area contributed by atoms with E-state index in [0.29, 0.717) is 22.2 Å². The molecule has 4 bridgehead atoms. The number of thiocarbonyl (C=S) groups is 1. The lowest BCUT2D eigenvalue weighted by molar-refractivity contribution is -0.127. The summed E-state index contributed by atoms with van der Waals surface area (Å²) >= 11 is 6.73. The number of rotatable bonds is 5. The fourth-order valence-corrected chi connectivity index (χ4v) is 7.54. The number of amides is 2. The van der Waals surface area contributed by atoms with Gasteiger partial charge in [-0.25, -0.2) is 0 Å². The van der Waals surface area contributed by atoms with E-state index < -0.39 is 0 Å². The molecule has 5 fully saturated rings. The van der Waals surface area contributed by atoms with Gasteiger partial charge in [-0.3, -0.25) is 14.5 Å². The molecule has 1 heterocycles. The summed E-state index contributed by atoms with van der Waals surface area (Å²) in [6.45, 7) is 0.356. The molecule has 152 valence electrons. The quantitative estimate of drug-likeness (QED) is 0.561. The van der Waals surface area contributed by atoms with E-state index in [1.807, 2.05) is 36.4 Å². The van der Waals surface area contributed by atoms with Gasteiger partial charge < -0.3 is 5.32 Å². The van der Waals surface area contributed by atoms with Crippen LogP contribution in [0.2, 0.25) is 0 Å². The third-order valence-electron chi connectivity index (χ3n) is 6.98. The lowest BCUT2D eigenvalue weighted by Crippen LogP contribution is -2.60. The van der Waals surface area contributed by atoms with Gasteiger partial charge in [-0.2, -0.15) is 0 Å². The molecule has 6 heteroatoms. The van der Waals surface area contributed by atoms with Gasteiger partial charge in [-0.05, 0) is 67.9 Å². The molecule has 4 aliphatic carbocycles.